The lowest BCUT2D eigenvalue weighted by atomic mass is 9.83. The number of benzene rings is 1. The summed E-state index contributed by atoms with van der Waals surface area (Å²) in [4.78, 5) is 10.4. The highest BCUT2D eigenvalue weighted by Crippen LogP contribution is 2.01. The summed E-state index contributed by atoms with van der Waals surface area (Å²) in [5.41, 5.74) is 2.50. The second-order valence-electron chi connectivity index (χ2n) is 2.46. The van der Waals surface area contributed by atoms with Crippen LogP contribution >= 0.6 is 0 Å². The van der Waals surface area contributed by atoms with Gasteiger partial charge in [0.25, 0.3) is 0 Å². The Morgan fingerprint density at radius 2 is 2.42 bits per heavy atom. The normalized spacial score (nSPS) is 12.7. The van der Waals surface area contributed by atoms with Crippen molar-refractivity contribution in [2.24, 2.45) is 5.16 Å². The second-order valence-corrected chi connectivity index (χ2v) is 2.46. The molecular weight excluding hydrogens is 153 g/mol. The fourth-order valence-corrected chi connectivity index (χ4v) is 1.06. The molecule has 4 heteroatoms. The summed E-state index contributed by atoms with van der Waals surface area (Å²) in [5.74, 6) is 0. The smallest absolute Gasteiger partial charge is 0.449 e. The Labute approximate surface area is 70.3 Å². The number of hydrogen-bond donors (Lipinski definition) is 0. The van der Waals surface area contributed by atoms with E-state index in [9.17, 15) is 4.79 Å². The predicted molar refractivity (Wildman–Crippen MR) is 45.9 cm³/mol. The van der Waals surface area contributed by atoms with Crippen LogP contribution in [-0.2, 0) is 4.76 Å². The van der Waals surface area contributed by atoms with Gasteiger partial charge in [0.15, 0.2) is 0 Å². The van der Waals surface area contributed by atoms with Crippen molar-refractivity contribution in [1.82, 2.24) is 0 Å². The molecule has 1 aliphatic heterocycles. The summed E-state index contributed by atoms with van der Waals surface area (Å²) in [7, 11) is 1.55. The molecule has 0 unspecified atom stereocenters. The number of rotatable bonds is 1. The lowest BCUT2D eigenvalue weighted by molar-refractivity contribution is 0.112. The van der Waals surface area contributed by atoms with Crippen molar-refractivity contribution < 1.29 is 9.55 Å². The van der Waals surface area contributed by atoms with E-state index in [0.717, 1.165) is 17.3 Å². The minimum absolute atomic E-state index is 0.649. The van der Waals surface area contributed by atoms with Gasteiger partial charge in [0.1, 0.15) is 6.29 Å². The zero-order valence-corrected chi connectivity index (χ0v) is 6.23. The van der Waals surface area contributed by atoms with Gasteiger partial charge in [-0.2, -0.15) is 0 Å². The van der Waals surface area contributed by atoms with Gasteiger partial charge in [-0.25, -0.2) is 0 Å². The lowest BCUT2D eigenvalue weighted by Crippen LogP contribution is -2.24. The maximum Gasteiger partial charge on any atom is 0.449 e. The van der Waals surface area contributed by atoms with E-state index in [2.05, 4.69) is 5.16 Å². The van der Waals surface area contributed by atoms with Crippen LogP contribution in [0, 0.1) is 0 Å². The van der Waals surface area contributed by atoms with Crippen LogP contribution < -0.4 is 5.46 Å². The molecule has 0 fully saturated rings. The van der Waals surface area contributed by atoms with Crippen LogP contribution in [0.3, 0.4) is 0 Å². The highest BCUT2D eigenvalue weighted by atomic mass is 16.6. The third-order valence-corrected chi connectivity index (χ3v) is 1.68. The van der Waals surface area contributed by atoms with Crippen LogP contribution in [0.25, 0.3) is 0 Å². The van der Waals surface area contributed by atoms with Crippen LogP contribution in [0.15, 0.2) is 23.4 Å². The molecule has 0 amide bonds. The van der Waals surface area contributed by atoms with Gasteiger partial charge in [0.05, 0.1) is 6.21 Å². The third-order valence-electron chi connectivity index (χ3n) is 1.68. The molecule has 1 aliphatic rings. The Morgan fingerprint density at radius 1 is 1.50 bits per heavy atom. The van der Waals surface area contributed by atoms with Crippen molar-refractivity contribution in [3.8, 4) is 0 Å². The molecule has 0 N–H and O–H groups in total. The van der Waals surface area contributed by atoms with E-state index in [4.69, 9.17) is 4.76 Å². The molecule has 1 aromatic rings. The summed E-state index contributed by atoms with van der Waals surface area (Å²) >= 11 is 0. The highest BCUT2D eigenvalue weighted by Gasteiger charge is 2.09. The number of fused-ring (bicyclic) bond motifs is 1. The molecule has 0 atom stereocenters. The number of nitrogens with zero attached hydrogens (tertiary/aromatic N) is 1. The summed E-state index contributed by atoms with van der Waals surface area (Å²) in [6.07, 6.45) is 2.39. The van der Waals surface area contributed by atoms with Crippen LogP contribution in [0.2, 0.25) is 0 Å². The maximum atomic E-state index is 10.4. The number of aldehydes is 1. The van der Waals surface area contributed by atoms with Gasteiger partial charge in [-0.1, -0.05) is 12.1 Å². The van der Waals surface area contributed by atoms with Crippen molar-refractivity contribution in [3.63, 3.8) is 0 Å². The molecule has 1 radical (unpaired) electrons. The van der Waals surface area contributed by atoms with Gasteiger partial charge in [-0.3, -0.25) is 4.79 Å². The van der Waals surface area contributed by atoms with E-state index in [1.54, 1.807) is 25.8 Å². The molecule has 1 aromatic carbocycles. The Hall–Kier alpha value is -1.58. The fourth-order valence-electron chi connectivity index (χ4n) is 1.06. The summed E-state index contributed by atoms with van der Waals surface area (Å²) in [5, 5.41) is 3.60. The molecule has 0 saturated heterocycles. The van der Waals surface area contributed by atoms with E-state index in [1.165, 1.54) is 0 Å². The standard InChI is InChI=1S/C8H5BNO2/c11-5-6-1-2-8-7(3-6)4-10-12-9-8/h1-5H. The third kappa shape index (κ3) is 1.11. The van der Waals surface area contributed by atoms with Gasteiger partial charge >= 0.3 is 7.48 Å². The highest BCUT2D eigenvalue weighted by molar-refractivity contribution is 6.49. The first-order valence-corrected chi connectivity index (χ1v) is 3.52. The SMILES string of the molecule is O=Cc1ccc2c(c1)C=NO[B]2. The Morgan fingerprint density at radius 3 is 3.25 bits per heavy atom. The molecular formula is C8H5BNO2. The van der Waals surface area contributed by atoms with E-state index in [1.807, 2.05) is 6.07 Å². The van der Waals surface area contributed by atoms with Crippen molar-refractivity contribution in [2.45, 2.75) is 0 Å². The zero-order valence-electron chi connectivity index (χ0n) is 6.23. The summed E-state index contributed by atoms with van der Waals surface area (Å²) in [6.45, 7) is 0. The molecule has 0 aromatic heterocycles. The fraction of sp³-hybridized carbons (Fsp3) is 0. The lowest BCUT2D eigenvalue weighted by Gasteiger charge is -2.07. The van der Waals surface area contributed by atoms with Crippen molar-refractivity contribution in [2.75, 3.05) is 0 Å². The minimum Gasteiger partial charge on any atom is -0.468 e. The molecule has 3 nitrogen and oxygen atoms in total. The number of oxime groups is 1. The van der Waals surface area contributed by atoms with Crippen molar-refractivity contribution >= 4 is 25.4 Å². The molecule has 2 rings (SSSR count). The molecule has 0 bridgehead atoms. The van der Waals surface area contributed by atoms with Crippen molar-refractivity contribution in [3.05, 3.63) is 29.3 Å². The van der Waals surface area contributed by atoms with E-state index < -0.39 is 0 Å². The Balaban J connectivity index is 2.51. The van der Waals surface area contributed by atoms with E-state index in [0.29, 0.717) is 5.56 Å². The van der Waals surface area contributed by atoms with Crippen LogP contribution in [-0.4, -0.2) is 20.0 Å². The van der Waals surface area contributed by atoms with Gasteiger partial charge in [0.2, 0.25) is 0 Å². The predicted octanol–water partition coefficient (Wildman–Crippen LogP) is 0.108. The molecule has 57 valence electrons. The van der Waals surface area contributed by atoms with E-state index in [-0.39, 0.29) is 0 Å². The number of carbonyl (C=O) groups is 1. The average molecular weight is 158 g/mol. The van der Waals surface area contributed by atoms with Crippen LogP contribution in [0.4, 0.5) is 0 Å². The maximum absolute atomic E-state index is 10.4. The first-order valence-electron chi connectivity index (χ1n) is 3.52. The van der Waals surface area contributed by atoms with Gasteiger partial charge in [-0.05, 0) is 17.1 Å². The molecule has 0 spiro atoms. The minimum atomic E-state index is 0.649. The van der Waals surface area contributed by atoms with Gasteiger partial charge in [-0.15, -0.1) is 5.16 Å². The van der Waals surface area contributed by atoms with Gasteiger partial charge < -0.3 is 4.76 Å². The monoisotopic (exact) mass is 158 g/mol. The van der Waals surface area contributed by atoms with Crippen molar-refractivity contribution in [1.29, 1.82) is 0 Å². The zero-order chi connectivity index (χ0) is 8.39. The summed E-state index contributed by atoms with van der Waals surface area (Å²) < 4.78 is 4.73. The van der Waals surface area contributed by atoms with Crippen LogP contribution in [0.1, 0.15) is 15.9 Å². The topological polar surface area (TPSA) is 38.7 Å². The average Bonchev–Trinajstić information content (AvgIpc) is 2.17. The van der Waals surface area contributed by atoms with E-state index >= 15 is 0 Å². The molecule has 12 heavy (non-hydrogen) atoms. The Bertz CT molecular complexity index is 349. The van der Waals surface area contributed by atoms with Crippen LogP contribution in [0.5, 0.6) is 0 Å². The first kappa shape index (κ1) is 7.09. The molecule has 1 heterocycles. The largest absolute Gasteiger partial charge is 0.468 e. The number of hydrogen-bond acceptors (Lipinski definition) is 3. The Kier molecular flexibility index (Phi) is 1.66. The second kappa shape index (κ2) is 2.81. The first-order chi connectivity index (χ1) is 5.90. The van der Waals surface area contributed by atoms with Gasteiger partial charge in [0, 0.05) is 5.56 Å². The summed E-state index contributed by atoms with van der Waals surface area (Å²) in [6, 6.07) is 5.33. The quantitative estimate of drug-likeness (QED) is 0.429. The molecule has 0 aliphatic carbocycles. The molecule has 0 saturated carbocycles. The number of carbonyl (C=O) groups excluding carboxylic acids is 1.